The minimum absolute atomic E-state index is 0.155. The van der Waals surface area contributed by atoms with Crippen molar-refractivity contribution in [2.24, 2.45) is 0 Å². The van der Waals surface area contributed by atoms with E-state index in [1.54, 1.807) is 0 Å². The number of methoxy groups -OCH3 is 1. The van der Waals surface area contributed by atoms with Crippen LogP contribution in [0.1, 0.15) is 38.3 Å². The van der Waals surface area contributed by atoms with Crippen molar-refractivity contribution < 1.29 is 14.6 Å². The number of benzene rings is 2. The summed E-state index contributed by atoms with van der Waals surface area (Å²) in [5.74, 6) is -0.0946. The third-order valence-corrected chi connectivity index (χ3v) is 4.52. The number of fused-ring (bicyclic) bond motifs is 1. The molecule has 0 aliphatic rings. The maximum absolute atomic E-state index is 11.6. The predicted octanol–water partition coefficient (Wildman–Crippen LogP) is 3.73. The van der Waals surface area contributed by atoms with E-state index < -0.39 is 0 Å². The van der Waals surface area contributed by atoms with Gasteiger partial charge in [-0.2, -0.15) is 15.4 Å². The van der Waals surface area contributed by atoms with Gasteiger partial charge in [-0.05, 0) is 40.7 Å². The second kappa shape index (κ2) is 6.78. The van der Waals surface area contributed by atoms with Crippen molar-refractivity contribution in [3.05, 3.63) is 41.5 Å². The molecular formula is C20H23N3O3. The molecule has 136 valence electrons. The molecular weight excluding hydrogens is 330 g/mol. The summed E-state index contributed by atoms with van der Waals surface area (Å²) in [4.78, 5) is 11.6. The van der Waals surface area contributed by atoms with Crippen LogP contribution in [0.5, 0.6) is 5.75 Å². The Morgan fingerprint density at radius 1 is 1.15 bits per heavy atom. The van der Waals surface area contributed by atoms with Crippen LogP contribution in [-0.2, 0) is 21.4 Å². The molecule has 1 heterocycles. The average Bonchev–Trinajstić information content (AvgIpc) is 3.06. The number of nitrogens with one attached hydrogen (secondary N) is 1. The molecule has 0 saturated carbocycles. The number of aromatic amines is 1. The Morgan fingerprint density at radius 3 is 2.58 bits per heavy atom. The molecule has 3 aromatic rings. The zero-order chi connectivity index (χ0) is 18.9. The molecule has 0 atom stereocenters. The fourth-order valence-electron chi connectivity index (χ4n) is 3.16. The molecule has 0 aliphatic heterocycles. The van der Waals surface area contributed by atoms with Gasteiger partial charge in [-0.25, -0.2) is 0 Å². The van der Waals surface area contributed by atoms with Crippen LogP contribution < -0.4 is 0 Å². The van der Waals surface area contributed by atoms with E-state index in [1.165, 1.54) is 7.11 Å². The number of carbonyl (C=O) groups excluding carboxylic acids is 1. The molecule has 2 aromatic carbocycles. The summed E-state index contributed by atoms with van der Waals surface area (Å²) in [5, 5.41) is 21.7. The summed E-state index contributed by atoms with van der Waals surface area (Å²) in [5.41, 5.74) is 4.71. The molecule has 0 amide bonds. The van der Waals surface area contributed by atoms with Crippen LogP contribution in [0.15, 0.2) is 30.3 Å². The monoisotopic (exact) mass is 353 g/mol. The largest absolute Gasteiger partial charge is 0.507 e. The molecule has 26 heavy (non-hydrogen) atoms. The molecule has 0 bridgehead atoms. The van der Waals surface area contributed by atoms with E-state index in [9.17, 15) is 9.90 Å². The highest BCUT2D eigenvalue weighted by Crippen LogP contribution is 2.39. The number of ether oxygens (including phenoxy) is 1. The number of carbonyl (C=O) groups is 1. The summed E-state index contributed by atoms with van der Waals surface area (Å²) in [6.45, 7) is 6.26. The number of phenolic OH excluding ortho intramolecular Hbond substituents is 1. The SMILES string of the molecule is COC(=O)CCc1c(C(C)(C)C)ccc(-c2ccc3n[nH]nc3c2)c1O. The maximum atomic E-state index is 11.6. The lowest BCUT2D eigenvalue weighted by Gasteiger charge is -2.25. The van der Waals surface area contributed by atoms with Crippen LogP contribution in [0.4, 0.5) is 0 Å². The highest BCUT2D eigenvalue weighted by molar-refractivity contribution is 5.83. The van der Waals surface area contributed by atoms with Gasteiger partial charge in [0.15, 0.2) is 0 Å². The molecule has 0 unspecified atom stereocenters. The van der Waals surface area contributed by atoms with Gasteiger partial charge in [0.25, 0.3) is 0 Å². The van der Waals surface area contributed by atoms with E-state index in [0.717, 1.165) is 27.7 Å². The van der Waals surface area contributed by atoms with E-state index in [-0.39, 0.29) is 23.6 Å². The van der Waals surface area contributed by atoms with Crippen molar-refractivity contribution in [3.8, 4) is 16.9 Å². The van der Waals surface area contributed by atoms with Crippen molar-refractivity contribution in [2.45, 2.75) is 39.0 Å². The molecule has 0 fully saturated rings. The van der Waals surface area contributed by atoms with Gasteiger partial charge < -0.3 is 9.84 Å². The number of phenols is 1. The summed E-state index contributed by atoms with van der Waals surface area (Å²) >= 11 is 0. The van der Waals surface area contributed by atoms with Crippen LogP contribution in [0.2, 0.25) is 0 Å². The summed E-state index contributed by atoms with van der Waals surface area (Å²) < 4.78 is 4.75. The van der Waals surface area contributed by atoms with Gasteiger partial charge in [0, 0.05) is 12.0 Å². The summed E-state index contributed by atoms with van der Waals surface area (Å²) in [7, 11) is 1.37. The van der Waals surface area contributed by atoms with Gasteiger partial charge in [-0.3, -0.25) is 4.79 Å². The first-order valence-electron chi connectivity index (χ1n) is 8.54. The average molecular weight is 353 g/mol. The number of nitrogens with zero attached hydrogens (tertiary/aromatic N) is 2. The van der Waals surface area contributed by atoms with E-state index in [2.05, 4.69) is 36.2 Å². The van der Waals surface area contributed by atoms with Gasteiger partial charge in [-0.1, -0.05) is 39.0 Å². The highest BCUT2D eigenvalue weighted by Gasteiger charge is 2.23. The van der Waals surface area contributed by atoms with E-state index >= 15 is 0 Å². The molecule has 3 rings (SSSR count). The Hall–Kier alpha value is -2.89. The van der Waals surface area contributed by atoms with Crippen LogP contribution >= 0.6 is 0 Å². The predicted molar refractivity (Wildman–Crippen MR) is 100 cm³/mol. The summed E-state index contributed by atoms with van der Waals surface area (Å²) in [6, 6.07) is 9.59. The highest BCUT2D eigenvalue weighted by atomic mass is 16.5. The van der Waals surface area contributed by atoms with Crippen molar-refractivity contribution >= 4 is 17.0 Å². The number of aromatic hydroxyl groups is 1. The van der Waals surface area contributed by atoms with Crippen molar-refractivity contribution in [3.63, 3.8) is 0 Å². The fourth-order valence-corrected chi connectivity index (χ4v) is 3.16. The summed E-state index contributed by atoms with van der Waals surface area (Å²) in [6.07, 6.45) is 0.643. The Balaban J connectivity index is 2.10. The molecule has 0 radical (unpaired) electrons. The second-order valence-electron chi connectivity index (χ2n) is 7.34. The first-order chi connectivity index (χ1) is 12.3. The van der Waals surface area contributed by atoms with Gasteiger partial charge in [-0.15, -0.1) is 0 Å². The standard InChI is InChI=1S/C20H23N3O3/c1-20(2,3)15-8-6-13(19(25)14(15)7-10-18(24)26-4)12-5-9-16-17(11-12)22-23-21-16/h5-6,8-9,11,25H,7,10H2,1-4H3,(H,21,22,23). The zero-order valence-electron chi connectivity index (χ0n) is 15.5. The maximum Gasteiger partial charge on any atom is 0.305 e. The quantitative estimate of drug-likeness (QED) is 0.698. The van der Waals surface area contributed by atoms with E-state index in [1.807, 2.05) is 30.3 Å². The van der Waals surface area contributed by atoms with Crippen molar-refractivity contribution in [1.82, 2.24) is 15.4 Å². The first-order valence-corrected chi connectivity index (χ1v) is 8.54. The lowest BCUT2D eigenvalue weighted by atomic mass is 9.80. The third kappa shape index (κ3) is 3.40. The van der Waals surface area contributed by atoms with Crippen LogP contribution in [0.25, 0.3) is 22.2 Å². The Labute approximate surface area is 152 Å². The van der Waals surface area contributed by atoms with E-state index in [4.69, 9.17) is 4.74 Å². The minimum Gasteiger partial charge on any atom is -0.507 e. The molecule has 0 saturated heterocycles. The third-order valence-electron chi connectivity index (χ3n) is 4.52. The number of aromatic nitrogens is 3. The number of hydrogen-bond donors (Lipinski definition) is 2. The van der Waals surface area contributed by atoms with Gasteiger partial charge in [0.1, 0.15) is 16.8 Å². The minimum atomic E-state index is -0.293. The Bertz CT molecular complexity index is 955. The molecule has 1 aromatic heterocycles. The van der Waals surface area contributed by atoms with Crippen LogP contribution in [-0.4, -0.2) is 33.6 Å². The zero-order valence-corrected chi connectivity index (χ0v) is 15.5. The lowest BCUT2D eigenvalue weighted by Crippen LogP contribution is -2.15. The van der Waals surface area contributed by atoms with Gasteiger partial charge >= 0.3 is 5.97 Å². The molecule has 0 aliphatic carbocycles. The van der Waals surface area contributed by atoms with Crippen LogP contribution in [0, 0.1) is 0 Å². The van der Waals surface area contributed by atoms with Crippen molar-refractivity contribution in [1.29, 1.82) is 0 Å². The molecule has 6 heteroatoms. The topological polar surface area (TPSA) is 88.1 Å². The van der Waals surface area contributed by atoms with Crippen molar-refractivity contribution in [2.75, 3.05) is 7.11 Å². The lowest BCUT2D eigenvalue weighted by molar-refractivity contribution is -0.140. The Morgan fingerprint density at radius 2 is 1.88 bits per heavy atom. The second-order valence-corrected chi connectivity index (χ2v) is 7.34. The molecule has 0 spiro atoms. The molecule has 6 nitrogen and oxygen atoms in total. The smallest absolute Gasteiger partial charge is 0.305 e. The normalized spacial score (nSPS) is 11.7. The fraction of sp³-hybridized carbons (Fsp3) is 0.350. The Kier molecular flexibility index (Phi) is 4.68. The van der Waals surface area contributed by atoms with Gasteiger partial charge in [0.2, 0.25) is 0 Å². The number of rotatable bonds is 4. The number of H-pyrrole nitrogens is 1. The number of hydrogen-bond acceptors (Lipinski definition) is 5. The number of esters is 1. The van der Waals surface area contributed by atoms with E-state index in [0.29, 0.717) is 12.0 Å². The molecule has 2 N–H and O–H groups in total. The first kappa shape index (κ1) is 17.9. The van der Waals surface area contributed by atoms with Crippen LogP contribution in [0.3, 0.4) is 0 Å². The van der Waals surface area contributed by atoms with Gasteiger partial charge in [0.05, 0.1) is 7.11 Å².